The van der Waals surface area contributed by atoms with Crippen molar-refractivity contribution in [3.8, 4) is 0 Å². The van der Waals surface area contributed by atoms with Crippen LogP contribution in [0.15, 0.2) is 24.3 Å². The molecule has 2 rings (SSSR count). The fraction of sp³-hybridized carbons (Fsp3) is 0.533. The highest BCUT2D eigenvalue weighted by molar-refractivity contribution is 7.99. The number of nitrogens with zero attached hydrogens (tertiary/aromatic N) is 2. The summed E-state index contributed by atoms with van der Waals surface area (Å²) in [6, 6.07) is 7.81. The fourth-order valence-corrected chi connectivity index (χ4v) is 3.24. The maximum atomic E-state index is 12.2. The zero-order valence-electron chi connectivity index (χ0n) is 11.8. The highest BCUT2D eigenvalue weighted by atomic mass is 35.5. The molecule has 1 aromatic rings. The largest absolute Gasteiger partial charge is 0.341 e. The second-order valence-electron chi connectivity index (χ2n) is 5.16. The molecule has 1 amide bonds. The van der Waals surface area contributed by atoms with Gasteiger partial charge in [-0.15, -0.1) is 11.8 Å². The molecule has 0 atom stereocenters. The number of thioether (sulfide) groups is 1. The molecule has 0 spiro atoms. The third-order valence-electron chi connectivity index (χ3n) is 3.48. The third kappa shape index (κ3) is 5.00. The molecule has 0 aliphatic carbocycles. The molecule has 1 aliphatic rings. The summed E-state index contributed by atoms with van der Waals surface area (Å²) in [6.07, 6.45) is 1.07. The average Bonchev–Trinajstić information content (AvgIpc) is 2.66. The summed E-state index contributed by atoms with van der Waals surface area (Å²) in [5.74, 6) is 1.68. The minimum Gasteiger partial charge on any atom is -0.341 e. The Morgan fingerprint density at radius 2 is 1.95 bits per heavy atom. The molecule has 1 aliphatic heterocycles. The molecular weight excluding hydrogens is 292 g/mol. The Kier molecular flexibility index (Phi) is 6.20. The van der Waals surface area contributed by atoms with Gasteiger partial charge in [0, 0.05) is 30.4 Å². The SMILES string of the molecule is CN1CCCN(C(=O)CSCc2ccc(Cl)cc2)CC1. The third-order valence-corrected chi connectivity index (χ3v) is 4.72. The topological polar surface area (TPSA) is 23.6 Å². The summed E-state index contributed by atoms with van der Waals surface area (Å²) in [7, 11) is 2.11. The molecule has 5 heteroatoms. The number of likely N-dealkylation sites (N-methyl/N-ethyl adjacent to an activating group) is 1. The number of halogens is 1. The van der Waals surface area contributed by atoms with Crippen molar-refractivity contribution in [2.24, 2.45) is 0 Å². The van der Waals surface area contributed by atoms with Crippen molar-refractivity contribution < 1.29 is 4.79 Å². The van der Waals surface area contributed by atoms with Crippen LogP contribution in [0.5, 0.6) is 0 Å². The first-order valence-electron chi connectivity index (χ1n) is 6.93. The standard InChI is InChI=1S/C15H21ClN2OS/c1-17-7-2-8-18(10-9-17)15(19)12-20-11-13-3-5-14(16)6-4-13/h3-6H,2,7-12H2,1H3. The van der Waals surface area contributed by atoms with Crippen LogP contribution in [0.25, 0.3) is 0 Å². The van der Waals surface area contributed by atoms with Gasteiger partial charge in [0.15, 0.2) is 0 Å². The molecule has 0 aromatic heterocycles. The Balaban J connectivity index is 1.73. The van der Waals surface area contributed by atoms with Gasteiger partial charge in [0.25, 0.3) is 0 Å². The van der Waals surface area contributed by atoms with Crippen LogP contribution in [0.2, 0.25) is 5.02 Å². The van der Waals surface area contributed by atoms with Crippen LogP contribution >= 0.6 is 23.4 Å². The summed E-state index contributed by atoms with van der Waals surface area (Å²) in [4.78, 5) is 16.5. The Morgan fingerprint density at radius 1 is 1.20 bits per heavy atom. The van der Waals surface area contributed by atoms with Gasteiger partial charge in [0.2, 0.25) is 5.91 Å². The van der Waals surface area contributed by atoms with Crippen LogP contribution in [0, 0.1) is 0 Å². The second kappa shape index (κ2) is 7.91. The fourth-order valence-electron chi connectivity index (χ4n) is 2.22. The summed E-state index contributed by atoms with van der Waals surface area (Å²) in [5.41, 5.74) is 1.21. The molecule has 0 unspecified atom stereocenters. The van der Waals surface area contributed by atoms with Gasteiger partial charge < -0.3 is 9.80 Å². The highest BCUT2D eigenvalue weighted by Gasteiger charge is 2.16. The highest BCUT2D eigenvalue weighted by Crippen LogP contribution is 2.16. The minimum absolute atomic E-state index is 0.263. The van der Waals surface area contributed by atoms with E-state index in [1.165, 1.54) is 5.56 Å². The van der Waals surface area contributed by atoms with Gasteiger partial charge in [0.1, 0.15) is 0 Å². The maximum absolute atomic E-state index is 12.2. The van der Waals surface area contributed by atoms with Crippen molar-refractivity contribution in [2.45, 2.75) is 12.2 Å². The molecule has 20 heavy (non-hydrogen) atoms. The molecule has 1 fully saturated rings. The van der Waals surface area contributed by atoms with Gasteiger partial charge in [-0.1, -0.05) is 23.7 Å². The Hall–Kier alpha value is -0.710. The van der Waals surface area contributed by atoms with Gasteiger partial charge in [-0.25, -0.2) is 0 Å². The summed E-state index contributed by atoms with van der Waals surface area (Å²) in [6.45, 7) is 3.82. The van der Waals surface area contributed by atoms with Crippen LogP contribution < -0.4 is 0 Å². The predicted octanol–water partition coefficient (Wildman–Crippen LogP) is 2.74. The first-order chi connectivity index (χ1) is 9.65. The first-order valence-corrected chi connectivity index (χ1v) is 8.47. The van der Waals surface area contributed by atoms with E-state index in [-0.39, 0.29) is 5.91 Å². The smallest absolute Gasteiger partial charge is 0.232 e. The monoisotopic (exact) mass is 312 g/mol. The van der Waals surface area contributed by atoms with Gasteiger partial charge in [-0.05, 0) is 37.7 Å². The number of hydrogen-bond acceptors (Lipinski definition) is 3. The van der Waals surface area contributed by atoms with Crippen molar-refractivity contribution in [2.75, 3.05) is 39.0 Å². The lowest BCUT2D eigenvalue weighted by molar-refractivity contribution is -0.128. The molecule has 110 valence electrons. The summed E-state index contributed by atoms with van der Waals surface area (Å²) >= 11 is 7.53. The van der Waals surface area contributed by atoms with Gasteiger partial charge in [0.05, 0.1) is 5.75 Å². The summed E-state index contributed by atoms with van der Waals surface area (Å²) < 4.78 is 0. The molecular formula is C15H21ClN2OS. The van der Waals surface area contributed by atoms with E-state index in [0.717, 1.165) is 43.4 Å². The van der Waals surface area contributed by atoms with Crippen molar-refractivity contribution in [1.82, 2.24) is 9.80 Å². The lowest BCUT2D eigenvalue weighted by Gasteiger charge is -2.20. The van der Waals surface area contributed by atoms with Crippen LogP contribution in [0.4, 0.5) is 0 Å². The minimum atomic E-state index is 0.263. The van der Waals surface area contributed by atoms with Gasteiger partial charge >= 0.3 is 0 Å². The average molecular weight is 313 g/mol. The molecule has 0 radical (unpaired) electrons. The molecule has 3 nitrogen and oxygen atoms in total. The van der Waals surface area contributed by atoms with E-state index in [1.807, 2.05) is 29.2 Å². The molecule has 1 aromatic carbocycles. The van der Waals surface area contributed by atoms with Gasteiger partial charge in [-0.2, -0.15) is 0 Å². The molecule has 0 saturated carbocycles. The van der Waals surface area contributed by atoms with Crippen molar-refractivity contribution in [1.29, 1.82) is 0 Å². The second-order valence-corrected chi connectivity index (χ2v) is 6.58. The zero-order chi connectivity index (χ0) is 14.4. The lowest BCUT2D eigenvalue weighted by Crippen LogP contribution is -2.35. The number of rotatable bonds is 4. The number of carbonyl (C=O) groups excluding carboxylic acids is 1. The Morgan fingerprint density at radius 3 is 2.70 bits per heavy atom. The normalized spacial score (nSPS) is 17.0. The van der Waals surface area contributed by atoms with E-state index in [1.54, 1.807) is 11.8 Å². The van der Waals surface area contributed by atoms with E-state index < -0.39 is 0 Å². The molecule has 1 saturated heterocycles. The van der Waals surface area contributed by atoms with E-state index in [0.29, 0.717) is 5.75 Å². The zero-order valence-corrected chi connectivity index (χ0v) is 13.4. The maximum Gasteiger partial charge on any atom is 0.232 e. The number of benzene rings is 1. The van der Waals surface area contributed by atoms with Crippen LogP contribution in [0.3, 0.4) is 0 Å². The number of carbonyl (C=O) groups is 1. The van der Waals surface area contributed by atoms with E-state index in [9.17, 15) is 4.79 Å². The van der Waals surface area contributed by atoms with Crippen LogP contribution in [0.1, 0.15) is 12.0 Å². The first kappa shape index (κ1) is 15.7. The van der Waals surface area contributed by atoms with Crippen LogP contribution in [-0.2, 0) is 10.5 Å². The van der Waals surface area contributed by atoms with Crippen molar-refractivity contribution in [3.05, 3.63) is 34.9 Å². The molecule has 0 N–H and O–H groups in total. The molecule has 0 bridgehead atoms. The van der Waals surface area contributed by atoms with E-state index in [4.69, 9.17) is 11.6 Å². The number of amides is 1. The van der Waals surface area contributed by atoms with E-state index in [2.05, 4.69) is 11.9 Å². The lowest BCUT2D eigenvalue weighted by atomic mass is 10.2. The number of hydrogen-bond donors (Lipinski definition) is 0. The van der Waals surface area contributed by atoms with E-state index >= 15 is 0 Å². The quantitative estimate of drug-likeness (QED) is 0.854. The van der Waals surface area contributed by atoms with Crippen LogP contribution in [-0.4, -0.2) is 54.7 Å². The molecule has 1 heterocycles. The van der Waals surface area contributed by atoms with Crippen molar-refractivity contribution >= 4 is 29.3 Å². The summed E-state index contributed by atoms with van der Waals surface area (Å²) in [5, 5.41) is 0.753. The van der Waals surface area contributed by atoms with Crippen molar-refractivity contribution in [3.63, 3.8) is 0 Å². The Labute approximate surface area is 130 Å². The predicted molar refractivity (Wildman–Crippen MR) is 86.3 cm³/mol. The Bertz CT molecular complexity index is 438. The van der Waals surface area contributed by atoms with Gasteiger partial charge in [-0.3, -0.25) is 4.79 Å².